The van der Waals surface area contributed by atoms with Gasteiger partial charge in [0.05, 0.1) is 19.0 Å². The fraction of sp³-hybridized carbons (Fsp3) is 0.600. The second kappa shape index (κ2) is 9.83. The van der Waals surface area contributed by atoms with Crippen molar-refractivity contribution in [3.8, 4) is 17.1 Å². The van der Waals surface area contributed by atoms with Crippen LogP contribution in [0.2, 0.25) is 0 Å². The summed E-state index contributed by atoms with van der Waals surface area (Å²) in [6.07, 6.45) is -0.573. The van der Waals surface area contributed by atoms with E-state index in [4.69, 9.17) is 4.74 Å². The van der Waals surface area contributed by atoms with Crippen LogP contribution in [0, 0.1) is 11.7 Å². The van der Waals surface area contributed by atoms with Crippen LogP contribution < -0.4 is 10.1 Å². The predicted molar refractivity (Wildman–Crippen MR) is 128 cm³/mol. The highest BCUT2D eigenvalue weighted by Gasteiger charge is 2.55. The Labute approximate surface area is 216 Å². The zero-order valence-corrected chi connectivity index (χ0v) is 21.1. The van der Waals surface area contributed by atoms with E-state index < -0.39 is 23.6 Å². The van der Waals surface area contributed by atoms with E-state index in [1.165, 1.54) is 31.2 Å². The highest BCUT2D eigenvalue weighted by atomic mass is 19.4. The summed E-state index contributed by atoms with van der Waals surface area (Å²) in [5.41, 5.74) is 0.200. The lowest BCUT2D eigenvalue weighted by Crippen LogP contribution is -2.56. The minimum absolute atomic E-state index is 0.0519. The van der Waals surface area contributed by atoms with Crippen LogP contribution in [-0.4, -0.2) is 87.8 Å². The molecule has 206 valence electrons. The normalized spacial score (nSPS) is 25.3. The number of amides is 2. The summed E-state index contributed by atoms with van der Waals surface area (Å²) in [5, 5.41) is 9.77. The predicted octanol–water partition coefficient (Wildman–Crippen LogP) is 3.15. The molecular weight excluding hydrogens is 508 g/mol. The fourth-order valence-electron chi connectivity index (χ4n) is 5.79. The number of rotatable bonds is 5. The molecule has 2 aromatic heterocycles. The second-order valence-corrected chi connectivity index (χ2v) is 10.5. The number of halogens is 4. The van der Waals surface area contributed by atoms with Gasteiger partial charge in [0, 0.05) is 42.2 Å². The molecule has 5 rings (SSSR count). The number of aromatic nitrogens is 3. The third kappa shape index (κ3) is 5.07. The van der Waals surface area contributed by atoms with Crippen molar-refractivity contribution in [1.29, 1.82) is 0 Å². The van der Waals surface area contributed by atoms with Gasteiger partial charge in [-0.3, -0.25) is 19.6 Å². The summed E-state index contributed by atoms with van der Waals surface area (Å²) in [7, 11) is 2.85. The monoisotopic (exact) mass is 538 g/mol. The van der Waals surface area contributed by atoms with Crippen LogP contribution in [0.1, 0.15) is 49.0 Å². The number of nitrogens with one attached hydrogen (secondary N) is 2. The number of aromatic amines is 1. The average Bonchev–Trinajstić information content (AvgIpc) is 3.44. The number of hydrogen-bond donors (Lipinski definition) is 2. The Hall–Kier alpha value is -3.22. The number of likely N-dealkylation sites (N-methyl/N-ethyl adjacent to an activating group) is 1. The lowest BCUT2D eigenvalue weighted by atomic mass is 9.87. The quantitative estimate of drug-likeness (QED) is 0.567. The number of alkyl halides is 3. The zero-order chi connectivity index (χ0) is 27.2. The van der Waals surface area contributed by atoms with Crippen molar-refractivity contribution in [2.45, 2.75) is 62.3 Å². The molecule has 3 aliphatic rings. The van der Waals surface area contributed by atoms with E-state index in [1.54, 1.807) is 4.90 Å². The molecule has 0 aromatic carbocycles. The lowest BCUT2D eigenvalue weighted by Gasteiger charge is -2.41. The summed E-state index contributed by atoms with van der Waals surface area (Å²) in [6, 6.07) is 1.08. The average molecular weight is 539 g/mol. The molecule has 13 heteroatoms. The van der Waals surface area contributed by atoms with Crippen molar-refractivity contribution in [3.63, 3.8) is 0 Å². The maximum Gasteiger partial charge on any atom is 0.404 e. The van der Waals surface area contributed by atoms with Crippen molar-refractivity contribution >= 4 is 11.8 Å². The molecule has 1 aliphatic carbocycles. The smallest absolute Gasteiger partial charge is 0.404 e. The Morgan fingerprint density at radius 3 is 2.63 bits per heavy atom. The summed E-state index contributed by atoms with van der Waals surface area (Å²) >= 11 is 0. The van der Waals surface area contributed by atoms with E-state index in [1.807, 2.05) is 0 Å². The van der Waals surface area contributed by atoms with Gasteiger partial charge in [0.25, 0.3) is 5.91 Å². The maximum atomic E-state index is 14.3. The van der Waals surface area contributed by atoms with Gasteiger partial charge in [-0.15, -0.1) is 0 Å². The lowest BCUT2D eigenvalue weighted by molar-refractivity contribution is -0.188. The Bertz CT molecular complexity index is 1210. The first kappa shape index (κ1) is 26.4. The van der Waals surface area contributed by atoms with Gasteiger partial charge in [0.2, 0.25) is 11.8 Å². The summed E-state index contributed by atoms with van der Waals surface area (Å²) < 4.78 is 58.8. The number of carbonyl (C=O) groups is 2. The fourth-order valence-corrected chi connectivity index (χ4v) is 5.79. The molecule has 2 aromatic rings. The third-order valence-corrected chi connectivity index (χ3v) is 8.02. The van der Waals surface area contributed by atoms with Gasteiger partial charge < -0.3 is 15.0 Å². The minimum atomic E-state index is -4.28. The van der Waals surface area contributed by atoms with Crippen LogP contribution in [0.25, 0.3) is 11.3 Å². The first-order valence-corrected chi connectivity index (χ1v) is 12.7. The first-order valence-electron chi connectivity index (χ1n) is 12.7. The Kier molecular flexibility index (Phi) is 6.82. The number of carbonyl (C=O) groups excluding carboxylic acids is 2. The third-order valence-electron chi connectivity index (χ3n) is 8.02. The molecule has 3 fully saturated rings. The number of pyridine rings is 1. The molecule has 2 aliphatic heterocycles. The van der Waals surface area contributed by atoms with Gasteiger partial charge in [-0.1, -0.05) is 0 Å². The van der Waals surface area contributed by atoms with Gasteiger partial charge in [0.15, 0.2) is 11.5 Å². The molecule has 0 bridgehead atoms. The second-order valence-electron chi connectivity index (χ2n) is 10.5. The molecule has 2 N–H and O–H groups in total. The summed E-state index contributed by atoms with van der Waals surface area (Å²) in [6.45, 7) is 0.501. The van der Waals surface area contributed by atoms with E-state index in [2.05, 4.69) is 20.5 Å². The van der Waals surface area contributed by atoms with E-state index >= 15 is 0 Å². The summed E-state index contributed by atoms with van der Waals surface area (Å²) in [4.78, 5) is 33.2. The van der Waals surface area contributed by atoms with Crippen molar-refractivity contribution < 1.29 is 31.9 Å². The number of H-pyrrole nitrogens is 1. The van der Waals surface area contributed by atoms with E-state index in [9.17, 15) is 27.2 Å². The van der Waals surface area contributed by atoms with E-state index in [0.29, 0.717) is 25.1 Å². The maximum absolute atomic E-state index is 14.3. The van der Waals surface area contributed by atoms with Crippen LogP contribution in [0.5, 0.6) is 5.88 Å². The van der Waals surface area contributed by atoms with Gasteiger partial charge >= 0.3 is 6.18 Å². The summed E-state index contributed by atoms with van der Waals surface area (Å²) in [5.74, 6) is -1.15. The minimum Gasteiger partial charge on any atom is -0.481 e. The van der Waals surface area contributed by atoms with Gasteiger partial charge in [-0.25, -0.2) is 9.37 Å². The van der Waals surface area contributed by atoms with Crippen molar-refractivity contribution in [2.24, 2.45) is 5.92 Å². The molecule has 2 amide bonds. The standard InChI is InChI=1S/C25H30F4N6O3/c1-34-13-15(3-4-20(34)25(27,28)29)31-22(36)14-5-8-35(24(11-14)6-7-24)23(37)19-10-18(32-33-19)16-9-21(38-2)30-12-17(16)26/h9-10,12,14-15,20H,3-8,11,13H2,1-2H3,(H,31,36)(H,32,33)/t14-,15-,20-/m0/s1. The van der Waals surface area contributed by atoms with Gasteiger partial charge in [-0.05, 0) is 51.6 Å². The highest BCUT2D eigenvalue weighted by molar-refractivity contribution is 5.94. The molecule has 2 saturated heterocycles. The van der Waals surface area contributed by atoms with Crippen molar-refractivity contribution in [1.82, 2.24) is 30.3 Å². The number of likely N-dealkylation sites (tertiary alicyclic amines) is 2. The topological polar surface area (TPSA) is 103 Å². The molecule has 0 unspecified atom stereocenters. The molecule has 9 nitrogen and oxygen atoms in total. The van der Waals surface area contributed by atoms with Gasteiger partial charge in [-0.2, -0.15) is 18.3 Å². The number of piperidine rings is 2. The first-order chi connectivity index (χ1) is 18.0. The Morgan fingerprint density at radius 1 is 1.21 bits per heavy atom. The molecule has 38 heavy (non-hydrogen) atoms. The van der Waals surface area contributed by atoms with Crippen LogP contribution in [0.3, 0.4) is 0 Å². The Morgan fingerprint density at radius 2 is 1.97 bits per heavy atom. The van der Waals surface area contributed by atoms with Crippen molar-refractivity contribution in [3.05, 3.63) is 29.8 Å². The van der Waals surface area contributed by atoms with Crippen LogP contribution in [0.4, 0.5) is 17.6 Å². The van der Waals surface area contributed by atoms with Gasteiger partial charge in [0.1, 0.15) is 6.04 Å². The number of nitrogens with zero attached hydrogens (tertiary/aromatic N) is 4. The van der Waals surface area contributed by atoms with Crippen LogP contribution in [0.15, 0.2) is 18.3 Å². The number of hydrogen-bond acceptors (Lipinski definition) is 6. The van der Waals surface area contributed by atoms with Crippen LogP contribution >= 0.6 is 0 Å². The largest absolute Gasteiger partial charge is 0.481 e. The number of methoxy groups -OCH3 is 1. The molecule has 4 heterocycles. The number of ether oxygens (including phenoxy) is 1. The highest BCUT2D eigenvalue weighted by Crippen LogP contribution is 2.50. The van der Waals surface area contributed by atoms with E-state index in [-0.39, 0.29) is 60.3 Å². The van der Waals surface area contributed by atoms with Crippen LogP contribution in [-0.2, 0) is 4.79 Å². The SMILES string of the molecule is COc1cc(-c2cc(C(=O)N3CC[C@H](C(=O)N[C@H]4CC[C@@H](C(F)(F)F)N(C)C4)CC34CC4)n[nH]2)c(F)cn1. The molecule has 1 spiro atoms. The Balaban J connectivity index is 1.21. The molecule has 0 radical (unpaired) electrons. The van der Waals surface area contributed by atoms with E-state index in [0.717, 1.165) is 19.0 Å². The van der Waals surface area contributed by atoms with Crippen molar-refractivity contribution in [2.75, 3.05) is 27.2 Å². The molecule has 1 saturated carbocycles. The molecular formula is C25H30F4N6O3. The zero-order valence-electron chi connectivity index (χ0n) is 21.1. The molecule has 3 atom stereocenters.